The Kier molecular flexibility index (Phi) is 4.22. The zero-order valence-electron chi connectivity index (χ0n) is 9.82. The number of nitrogens with one attached hydrogen (secondary N) is 1. The molecule has 0 bridgehead atoms. The molecule has 1 aromatic rings. The third-order valence-corrected chi connectivity index (χ3v) is 2.34. The lowest BCUT2D eigenvalue weighted by Crippen LogP contribution is -2.22. The monoisotopic (exact) mass is 223 g/mol. The summed E-state index contributed by atoms with van der Waals surface area (Å²) < 4.78 is 0. The number of hydrogen-bond acceptors (Lipinski definition) is 4. The fourth-order valence-electron chi connectivity index (χ4n) is 1.44. The summed E-state index contributed by atoms with van der Waals surface area (Å²) >= 11 is 0. The van der Waals surface area contributed by atoms with Crippen molar-refractivity contribution < 1.29 is 9.90 Å². The zero-order valence-corrected chi connectivity index (χ0v) is 9.82. The van der Waals surface area contributed by atoms with Crippen molar-refractivity contribution in [2.75, 3.05) is 11.9 Å². The van der Waals surface area contributed by atoms with Crippen LogP contribution in [0.25, 0.3) is 0 Å². The van der Waals surface area contributed by atoms with Gasteiger partial charge in [0.1, 0.15) is 11.6 Å². The van der Waals surface area contributed by atoms with Gasteiger partial charge in [-0.15, -0.1) is 0 Å². The van der Waals surface area contributed by atoms with Gasteiger partial charge in [0.05, 0.1) is 5.92 Å². The highest BCUT2D eigenvalue weighted by atomic mass is 16.4. The van der Waals surface area contributed by atoms with Gasteiger partial charge in [0, 0.05) is 18.3 Å². The predicted octanol–water partition coefficient (Wildman–Crippen LogP) is 1.62. The van der Waals surface area contributed by atoms with Gasteiger partial charge in [-0.05, 0) is 20.3 Å². The number of rotatable bonds is 5. The van der Waals surface area contributed by atoms with Gasteiger partial charge in [0.2, 0.25) is 0 Å². The van der Waals surface area contributed by atoms with Crippen molar-refractivity contribution in [1.29, 1.82) is 0 Å². The van der Waals surface area contributed by atoms with Crippen LogP contribution in [0.3, 0.4) is 0 Å². The number of aromatic nitrogens is 2. The molecule has 5 nitrogen and oxygen atoms in total. The first-order chi connectivity index (χ1) is 7.52. The van der Waals surface area contributed by atoms with Gasteiger partial charge < -0.3 is 10.4 Å². The zero-order chi connectivity index (χ0) is 12.1. The molecule has 2 N–H and O–H groups in total. The topological polar surface area (TPSA) is 75.1 Å². The molecule has 0 spiro atoms. The fourth-order valence-corrected chi connectivity index (χ4v) is 1.44. The molecule has 16 heavy (non-hydrogen) atoms. The molecule has 0 aliphatic carbocycles. The minimum Gasteiger partial charge on any atom is -0.481 e. The van der Waals surface area contributed by atoms with Crippen LogP contribution in [0.4, 0.5) is 5.82 Å². The van der Waals surface area contributed by atoms with E-state index in [1.807, 2.05) is 26.8 Å². The molecule has 1 heterocycles. The molecule has 1 rings (SSSR count). The molecule has 0 radical (unpaired) electrons. The molecule has 1 unspecified atom stereocenters. The summed E-state index contributed by atoms with van der Waals surface area (Å²) in [6.45, 7) is 5.94. The highest BCUT2D eigenvalue weighted by Crippen LogP contribution is 2.08. The van der Waals surface area contributed by atoms with E-state index in [9.17, 15) is 4.79 Å². The van der Waals surface area contributed by atoms with E-state index in [0.29, 0.717) is 24.6 Å². The van der Waals surface area contributed by atoms with Crippen LogP contribution in [0.2, 0.25) is 0 Å². The van der Waals surface area contributed by atoms with Crippen molar-refractivity contribution in [2.45, 2.75) is 27.2 Å². The smallest absolute Gasteiger partial charge is 0.308 e. The second-order valence-corrected chi connectivity index (χ2v) is 3.77. The molecule has 1 aromatic heterocycles. The Morgan fingerprint density at radius 1 is 1.50 bits per heavy atom. The van der Waals surface area contributed by atoms with Crippen LogP contribution >= 0.6 is 0 Å². The Balaban J connectivity index is 2.63. The molecule has 5 heteroatoms. The molecule has 0 aromatic carbocycles. The summed E-state index contributed by atoms with van der Waals surface area (Å²) in [5.41, 5.74) is 0.873. The normalized spacial score (nSPS) is 12.2. The number of aryl methyl sites for hydroxylation is 2. The predicted molar refractivity (Wildman–Crippen MR) is 61.4 cm³/mol. The van der Waals surface area contributed by atoms with Crippen molar-refractivity contribution in [1.82, 2.24) is 9.97 Å². The van der Waals surface area contributed by atoms with E-state index in [0.717, 1.165) is 5.69 Å². The highest BCUT2D eigenvalue weighted by molar-refractivity contribution is 5.70. The van der Waals surface area contributed by atoms with Crippen LogP contribution in [0, 0.1) is 19.8 Å². The van der Waals surface area contributed by atoms with Gasteiger partial charge in [-0.3, -0.25) is 4.79 Å². The first kappa shape index (κ1) is 12.4. The lowest BCUT2D eigenvalue weighted by molar-refractivity contribution is -0.141. The second kappa shape index (κ2) is 5.44. The number of aliphatic carboxylic acids is 1. The van der Waals surface area contributed by atoms with Crippen molar-refractivity contribution in [3.63, 3.8) is 0 Å². The van der Waals surface area contributed by atoms with Crippen molar-refractivity contribution in [2.24, 2.45) is 5.92 Å². The number of carboxylic acids is 1. The van der Waals surface area contributed by atoms with Crippen LogP contribution < -0.4 is 5.32 Å². The van der Waals surface area contributed by atoms with E-state index in [2.05, 4.69) is 15.3 Å². The lowest BCUT2D eigenvalue weighted by Gasteiger charge is -2.12. The molecular weight excluding hydrogens is 206 g/mol. The van der Waals surface area contributed by atoms with E-state index in [1.165, 1.54) is 0 Å². The molecule has 0 amide bonds. The van der Waals surface area contributed by atoms with E-state index in [-0.39, 0.29) is 5.92 Å². The van der Waals surface area contributed by atoms with E-state index in [1.54, 1.807) is 0 Å². The van der Waals surface area contributed by atoms with Crippen LogP contribution in [-0.4, -0.2) is 27.6 Å². The van der Waals surface area contributed by atoms with Crippen LogP contribution in [0.5, 0.6) is 0 Å². The van der Waals surface area contributed by atoms with Crippen LogP contribution in [0.1, 0.15) is 24.9 Å². The second-order valence-electron chi connectivity index (χ2n) is 3.77. The largest absolute Gasteiger partial charge is 0.481 e. The Labute approximate surface area is 94.9 Å². The van der Waals surface area contributed by atoms with Gasteiger partial charge in [0.25, 0.3) is 0 Å². The maximum atomic E-state index is 10.8. The Hall–Kier alpha value is -1.65. The van der Waals surface area contributed by atoms with Gasteiger partial charge in [0.15, 0.2) is 0 Å². The number of hydrogen-bond donors (Lipinski definition) is 2. The standard InChI is InChI=1S/C11H17N3O2/c1-4-9(11(15)16)6-12-10-5-7(2)13-8(3)14-10/h5,9H,4,6H2,1-3H3,(H,15,16)(H,12,13,14). The summed E-state index contributed by atoms with van der Waals surface area (Å²) in [7, 11) is 0. The van der Waals surface area contributed by atoms with Crippen LogP contribution in [0.15, 0.2) is 6.07 Å². The van der Waals surface area contributed by atoms with Crippen molar-refractivity contribution in [3.8, 4) is 0 Å². The minimum atomic E-state index is -0.780. The van der Waals surface area contributed by atoms with Crippen molar-refractivity contribution in [3.05, 3.63) is 17.6 Å². The maximum Gasteiger partial charge on any atom is 0.308 e. The average Bonchev–Trinajstić information content (AvgIpc) is 2.16. The summed E-state index contributed by atoms with van der Waals surface area (Å²) in [4.78, 5) is 19.1. The Bertz CT molecular complexity index is 359. The van der Waals surface area contributed by atoms with Crippen LogP contribution in [-0.2, 0) is 4.79 Å². The van der Waals surface area contributed by atoms with E-state index < -0.39 is 5.97 Å². The molecule has 0 saturated heterocycles. The summed E-state index contributed by atoms with van der Waals surface area (Å²) in [5, 5.41) is 11.9. The third-order valence-electron chi connectivity index (χ3n) is 2.34. The number of anilines is 1. The van der Waals surface area contributed by atoms with Gasteiger partial charge in [-0.2, -0.15) is 0 Å². The van der Waals surface area contributed by atoms with Gasteiger partial charge >= 0.3 is 5.97 Å². The summed E-state index contributed by atoms with van der Waals surface area (Å²) in [5.74, 6) is 0.212. The minimum absolute atomic E-state index is 0.379. The van der Waals surface area contributed by atoms with Gasteiger partial charge in [-0.1, -0.05) is 6.92 Å². The Morgan fingerprint density at radius 2 is 2.19 bits per heavy atom. The summed E-state index contributed by atoms with van der Waals surface area (Å²) in [6.07, 6.45) is 0.603. The number of carbonyl (C=O) groups is 1. The molecule has 88 valence electrons. The number of nitrogens with zero attached hydrogens (tertiary/aromatic N) is 2. The molecule has 0 fully saturated rings. The SMILES string of the molecule is CCC(CNc1cc(C)nc(C)n1)C(=O)O. The first-order valence-electron chi connectivity index (χ1n) is 5.32. The fraction of sp³-hybridized carbons (Fsp3) is 0.545. The van der Waals surface area contributed by atoms with Crippen molar-refractivity contribution >= 4 is 11.8 Å². The van der Waals surface area contributed by atoms with E-state index in [4.69, 9.17) is 5.11 Å². The first-order valence-corrected chi connectivity index (χ1v) is 5.32. The third kappa shape index (κ3) is 3.49. The maximum absolute atomic E-state index is 10.8. The number of carboxylic acid groups (broad SMARTS) is 1. The molecule has 0 aliphatic rings. The molecule has 0 aliphatic heterocycles. The summed E-state index contributed by atoms with van der Waals surface area (Å²) in [6, 6.07) is 1.81. The average molecular weight is 223 g/mol. The Morgan fingerprint density at radius 3 is 2.69 bits per heavy atom. The van der Waals surface area contributed by atoms with E-state index >= 15 is 0 Å². The molecular formula is C11H17N3O2. The molecule has 1 atom stereocenters. The van der Waals surface area contributed by atoms with Gasteiger partial charge in [-0.25, -0.2) is 9.97 Å². The lowest BCUT2D eigenvalue weighted by atomic mass is 10.1. The quantitative estimate of drug-likeness (QED) is 0.793. The molecule has 0 saturated carbocycles. The highest BCUT2D eigenvalue weighted by Gasteiger charge is 2.14.